The third-order valence-corrected chi connectivity index (χ3v) is 2.94. The van der Waals surface area contributed by atoms with Crippen molar-refractivity contribution in [3.63, 3.8) is 0 Å². The maximum atomic E-state index is 5.96. The minimum absolute atomic E-state index is 0.449. The van der Waals surface area contributed by atoms with Gasteiger partial charge in [-0.3, -0.25) is 10.2 Å². The fourth-order valence-electron chi connectivity index (χ4n) is 2.02. The fraction of sp³-hybridized carbons (Fsp3) is 0.0769. The molecule has 4 N–H and O–H groups in total. The Morgan fingerprint density at radius 3 is 2.89 bits per heavy atom. The van der Waals surface area contributed by atoms with E-state index >= 15 is 0 Å². The first kappa shape index (κ1) is 11.3. The molecule has 0 aliphatic rings. The summed E-state index contributed by atoms with van der Waals surface area (Å²) in [6.07, 6.45) is 3.51. The first-order valence-corrected chi connectivity index (χ1v) is 5.77. The molecule has 6 heteroatoms. The van der Waals surface area contributed by atoms with Crippen molar-refractivity contribution in [2.45, 2.75) is 0 Å². The van der Waals surface area contributed by atoms with Crippen LogP contribution < -0.4 is 10.5 Å². The van der Waals surface area contributed by atoms with E-state index in [2.05, 4.69) is 20.4 Å². The first-order chi connectivity index (χ1) is 9.29. The van der Waals surface area contributed by atoms with Crippen molar-refractivity contribution >= 4 is 5.82 Å². The molecule has 0 saturated carbocycles. The summed E-state index contributed by atoms with van der Waals surface area (Å²) in [6.45, 7) is 0. The molecule has 3 aromatic rings. The van der Waals surface area contributed by atoms with Gasteiger partial charge in [-0.2, -0.15) is 10.2 Å². The second-order valence-corrected chi connectivity index (χ2v) is 4.08. The number of aromatic amines is 2. The zero-order chi connectivity index (χ0) is 13.2. The number of nitrogen functional groups attached to an aromatic ring is 1. The molecule has 0 spiro atoms. The van der Waals surface area contributed by atoms with Crippen LogP contribution in [0.5, 0.6) is 5.75 Å². The van der Waals surface area contributed by atoms with Gasteiger partial charge in [0.15, 0.2) is 5.82 Å². The molecule has 96 valence electrons. The standard InChI is InChI=1S/C13H13N5O/c1-19-10-4-2-3-8(5-10)11-12(17-18-13(11)14)9-6-15-16-7-9/h2-7H,1H3,(H,15,16)(H3,14,17,18). The summed E-state index contributed by atoms with van der Waals surface area (Å²) in [7, 11) is 1.63. The molecular formula is C13H13N5O. The number of methoxy groups -OCH3 is 1. The number of aromatic nitrogens is 4. The van der Waals surface area contributed by atoms with Crippen LogP contribution in [0, 0.1) is 0 Å². The molecule has 1 aromatic carbocycles. The Balaban J connectivity index is 2.16. The van der Waals surface area contributed by atoms with Crippen LogP contribution in [0.4, 0.5) is 5.82 Å². The Morgan fingerprint density at radius 1 is 1.26 bits per heavy atom. The van der Waals surface area contributed by atoms with Crippen molar-refractivity contribution in [1.29, 1.82) is 0 Å². The monoisotopic (exact) mass is 255 g/mol. The summed E-state index contributed by atoms with van der Waals surface area (Å²) in [6, 6.07) is 7.69. The maximum absolute atomic E-state index is 5.96. The summed E-state index contributed by atoms with van der Waals surface area (Å²) < 4.78 is 5.23. The van der Waals surface area contributed by atoms with Crippen molar-refractivity contribution < 1.29 is 4.74 Å². The molecule has 3 rings (SSSR count). The van der Waals surface area contributed by atoms with Crippen molar-refractivity contribution in [3.8, 4) is 28.1 Å². The fourth-order valence-corrected chi connectivity index (χ4v) is 2.02. The van der Waals surface area contributed by atoms with Gasteiger partial charge in [0.1, 0.15) is 5.75 Å². The highest BCUT2D eigenvalue weighted by molar-refractivity contribution is 5.87. The van der Waals surface area contributed by atoms with Crippen LogP contribution in [-0.2, 0) is 0 Å². The zero-order valence-electron chi connectivity index (χ0n) is 10.3. The average Bonchev–Trinajstić information content (AvgIpc) is 3.07. The van der Waals surface area contributed by atoms with Gasteiger partial charge in [-0.1, -0.05) is 12.1 Å². The third-order valence-electron chi connectivity index (χ3n) is 2.94. The molecule has 0 bridgehead atoms. The lowest BCUT2D eigenvalue weighted by molar-refractivity contribution is 0.415. The van der Waals surface area contributed by atoms with Gasteiger partial charge >= 0.3 is 0 Å². The molecule has 0 unspecified atom stereocenters. The van der Waals surface area contributed by atoms with Crippen LogP contribution in [0.25, 0.3) is 22.4 Å². The van der Waals surface area contributed by atoms with Crippen LogP contribution in [0.15, 0.2) is 36.7 Å². The number of hydrogen-bond acceptors (Lipinski definition) is 4. The van der Waals surface area contributed by atoms with E-state index in [0.717, 1.165) is 28.1 Å². The molecule has 0 aliphatic carbocycles. The van der Waals surface area contributed by atoms with Gasteiger partial charge in [-0.15, -0.1) is 0 Å². The lowest BCUT2D eigenvalue weighted by Crippen LogP contribution is -1.89. The van der Waals surface area contributed by atoms with Crippen LogP contribution in [-0.4, -0.2) is 27.5 Å². The Labute approximate surface area is 109 Å². The first-order valence-electron chi connectivity index (χ1n) is 5.77. The molecule has 19 heavy (non-hydrogen) atoms. The molecule has 2 aromatic heterocycles. The summed E-state index contributed by atoms with van der Waals surface area (Å²) in [5.74, 6) is 1.22. The zero-order valence-corrected chi connectivity index (χ0v) is 10.3. The van der Waals surface area contributed by atoms with Gasteiger partial charge in [-0.25, -0.2) is 0 Å². The molecule has 0 atom stereocenters. The largest absolute Gasteiger partial charge is 0.497 e. The lowest BCUT2D eigenvalue weighted by Gasteiger charge is -2.05. The van der Waals surface area contributed by atoms with E-state index < -0.39 is 0 Å². The molecule has 0 amide bonds. The van der Waals surface area contributed by atoms with E-state index in [1.165, 1.54) is 0 Å². The van der Waals surface area contributed by atoms with Crippen molar-refractivity contribution in [2.75, 3.05) is 12.8 Å². The number of nitrogens with one attached hydrogen (secondary N) is 2. The molecular weight excluding hydrogens is 242 g/mol. The Hall–Kier alpha value is -2.76. The normalized spacial score (nSPS) is 10.6. The SMILES string of the molecule is COc1cccc(-c2c(N)n[nH]c2-c2cn[nH]c2)c1. The molecule has 6 nitrogen and oxygen atoms in total. The number of nitrogens with two attached hydrogens (primary N) is 1. The predicted molar refractivity (Wildman–Crippen MR) is 72.6 cm³/mol. The molecule has 0 radical (unpaired) electrons. The number of anilines is 1. The van der Waals surface area contributed by atoms with E-state index in [-0.39, 0.29) is 0 Å². The second kappa shape index (κ2) is 4.49. The number of nitrogens with zero attached hydrogens (tertiary/aromatic N) is 2. The number of ether oxygens (including phenoxy) is 1. The summed E-state index contributed by atoms with van der Waals surface area (Å²) in [4.78, 5) is 0. The Kier molecular flexibility index (Phi) is 2.68. The van der Waals surface area contributed by atoms with E-state index in [4.69, 9.17) is 10.5 Å². The Morgan fingerprint density at radius 2 is 2.16 bits per heavy atom. The highest BCUT2D eigenvalue weighted by Gasteiger charge is 2.15. The van der Waals surface area contributed by atoms with Crippen molar-refractivity contribution in [1.82, 2.24) is 20.4 Å². The number of benzene rings is 1. The summed E-state index contributed by atoms with van der Waals surface area (Å²) in [5.41, 5.74) is 9.49. The van der Waals surface area contributed by atoms with E-state index in [1.54, 1.807) is 19.5 Å². The molecule has 0 fully saturated rings. The van der Waals surface area contributed by atoms with Crippen molar-refractivity contribution in [2.24, 2.45) is 0 Å². The van der Waals surface area contributed by atoms with Crippen LogP contribution in [0.1, 0.15) is 0 Å². The van der Waals surface area contributed by atoms with Gasteiger partial charge in [-0.05, 0) is 17.7 Å². The molecule has 0 aliphatic heterocycles. The predicted octanol–water partition coefficient (Wildman–Crippen LogP) is 2.06. The minimum Gasteiger partial charge on any atom is -0.497 e. The molecule has 2 heterocycles. The maximum Gasteiger partial charge on any atom is 0.153 e. The van der Waals surface area contributed by atoms with Gasteiger partial charge < -0.3 is 10.5 Å². The van der Waals surface area contributed by atoms with E-state index in [0.29, 0.717) is 5.82 Å². The van der Waals surface area contributed by atoms with E-state index in [9.17, 15) is 0 Å². The van der Waals surface area contributed by atoms with E-state index in [1.807, 2.05) is 24.3 Å². The summed E-state index contributed by atoms with van der Waals surface area (Å²) in [5, 5.41) is 13.7. The summed E-state index contributed by atoms with van der Waals surface area (Å²) >= 11 is 0. The van der Waals surface area contributed by atoms with Gasteiger partial charge in [0.2, 0.25) is 0 Å². The van der Waals surface area contributed by atoms with Gasteiger partial charge in [0.25, 0.3) is 0 Å². The number of H-pyrrole nitrogens is 2. The van der Waals surface area contributed by atoms with Crippen LogP contribution >= 0.6 is 0 Å². The van der Waals surface area contributed by atoms with Crippen LogP contribution in [0.2, 0.25) is 0 Å². The van der Waals surface area contributed by atoms with Crippen molar-refractivity contribution in [3.05, 3.63) is 36.7 Å². The Bertz CT molecular complexity index is 687. The van der Waals surface area contributed by atoms with Crippen LogP contribution in [0.3, 0.4) is 0 Å². The molecule has 0 saturated heterocycles. The second-order valence-electron chi connectivity index (χ2n) is 4.08. The quantitative estimate of drug-likeness (QED) is 0.667. The topological polar surface area (TPSA) is 92.6 Å². The number of rotatable bonds is 3. The highest BCUT2D eigenvalue weighted by atomic mass is 16.5. The highest BCUT2D eigenvalue weighted by Crippen LogP contribution is 2.35. The minimum atomic E-state index is 0.449. The number of hydrogen-bond donors (Lipinski definition) is 3. The average molecular weight is 255 g/mol. The van der Waals surface area contributed by atoms with Gasteiger partial charge in [0.05, 0.1) is 24.6 Å². The third kappa shape index (κ3) is 1.93. The smallest absolute Gasteiger partial charge is 0.153 e. The lowest BCUT2D eigenvalue weighted by atomic mass is 10.0. The van der Waals surface area contributed by atoms with Gasteiger partial charge in [0, 0.05) is 11.8 Å².